The Labute approximate surface area is 79.0 Å². The number of Topliss-reactive ketones (excluding diaryl/α,β-unsaturated/α-hetero) is 1. The second-order valence-electron chi connectivity index (χ2n) is 2.38. The van der Waals surface area contributed by atoms with Crippen LogP contribution in [0.1, 0.15) is 0 Å². The van der Waals surface area contributed by atoms with Gasteiger partial charge >= 0.3 is 0 Å². The number of aliphatic hydroxyl groups excluding tert-OH is 3. The first kappa shape index (κ1) is 13.7. The van der Waals surface area contributed by atoms with Gasteiger partial charge in [0.05, 0.1) is 14.4 Å². The lowest BCUT2D eigenvalue weighted by Crippen LogP contribution is -2.39. The standard InChI is InChI=1S/C5H11O8P/c6-1-3(7)5(9)4(8)2-13-14(10,11)12/h4-6,8-9H,1-2H2,(H2,10,11,12)/p-2. The second kappa shape index (κ2) is 5.52. The van der Waals surface area contributed by atoms with Crippen molar-refractivity contribution in [1.29, 1.82) is 0 Å². The van der Waals surface area contributed by atoms with Crippen LogP contribution in [0.5, 0.6) is 0 Å². The molecule has 0 saturated heterocycles. The van der Waals surface area contributed by atoms with Gasteiger partial charge in [-0.1, -0.05) is 0 Å². The minimum atomic E-state index is -5.24. The van der Waals surface area contributed by atoms with Crippen LogP contribution in [0.15, 0.2) is 0 Å². The zero-order valence-electron chi connectivity index (χ0n) is 6.90. The average molecular weight is 228 g/mol. The smallest absolute Gasteiger partial charge is 0.189 e. The van der Waals surface area contributed by atoms with E-state index in [1.54, 1.807) is 0 Å². The topological polar surface area (TPSA) is 150 Å². The number of rotatable bonds is 6. The van der Waals surface area contributed by atoms with E-state index in [-0.39, 0.29) is 0 Å². The van der Waals surface area contributed by atoms with E-state index in [9.17, 15) is 19.1 Å². The Hall–Kier alpha value is -0.340. The molecule has 14 heavy (non-hydrogen) atoms. The fraction of sp³-hybridized carbons (Fsp3) is 0.800. The highest BCUT2D eigenvalue weighted by Gasteiger charge is 2.23. The van der Waals surface area contributed by atoms with Crippen LogP contribution in [0.2, 0.25) is 0 Å². The van der Waals surface area contributed by atoms with Gasteiger partial charge in [0.1, 0.15) is 18.8 Å². The number of carbonyl (C=O) groups excluding carboxylic acids is 1. The van der Waals surface area contributed by atoms with Crippen molar-refractivity contribution in [3.05, 3.63) is 0 Å². The molecular formula is C5H9O8P-2. The monoisotopic (exact) mass is 228 g/mol. The molecule has 0 aliphatic carbocycles. The molecule has 3 N–H and O–H groups in total. The largest absolute Gasteiger partial charge is 0.790 e. The number of aliphatic hydroxyl groups is 3. The lowest BCUT2D eigenvalue weighted by Gasteiger charge is -2.30. The van der Waals surface area contributed by atoms with Gasteiger partial charge in [-0.2, -0.15) is 0 Å². The molecule has 0 spiro atoms. The maximum Gasteiger partial charge on any atom is 0.189 e. The molecule has 2 atom stereocenters. The summed E-state index contributed by atoms with van der Waals surface area (Å²) in [6.07, 6.45) is -3.85. The van der Waals surface area contributed by atoms with Crippen molar-refractivity contribution in [2.75, 3.05) is 13.2 Å². The van der Waals surface area contributed by atoms with Crippen LogP contribution in [0, 0.1) is 0 Å². The first-order chi connectivity index (χ1) is 6.28. The third-order valence-electron chi connectivity index (χ3n) is 1.25. The molecule has 0 radical (unpaired) electrons. The van der Waals surface area contributed by atoms with Gasteiger partial charge in [0.15, 0.2) is 5.78 Å². The van der Waals surface area contributed by atoms with Gasteiger partial charge in [0, 0.05) is 0 Å². The molecule has 84 valence electrons. The molecular weight excluding hydrogens is 219 g/mol. The van der Waals surface area contributed by atoms with Crippen molar-refractivity contribution in [3.8, 4) is 0 Å². The van der Waals surface area contributed by atoms with Crippen LogP contribution < -0.4 is 9.79 Å². The molecule has 0 aliphatic heterocycles. The Morgan fingerprint density at radius 3 is 2.29 bits per heavy atom. The van der Waals surface area contributed by atoms with E-state index in [1.165, 1.54) is 0 Å². The number of hydrogen-bond donors (Lipinski definition) is 3. The average Bonchev–Trinajstić information content (AvgIpc) is 2.10. The SMILES string of the molecule is O=C(CO)C(O)C(O)COP(=O)([O-])[O-]. The fourth-order valence-electron chi connectivity index (χ4n) is 0.567. The van der Waals surface area contributed by atoms with Gasteiger partial charge < -0.3 is 34.2 Å². The van der Waals surface area contributed by atoms with Crippen LogP contribution in [-0.2, 0) is 13.9 Å². The summed E-state index contributed by atoms with van der Waals surface area (Å²) in [5.74, 6) is -1.10. The molecule has 9 heteroatoms. The summed E-state index contributed by atoms with van der Waals surface area (Å²) in [6.45, 7) is -2.04. The zero-order chi connectivity index (χ0) is 11.4. The summed E-state index contributed by atoms with van der Waals surface area (Å²) in [7, 11) is -5.24. The molecule has 0 bridgehead atoms. The van der Waals surface area contributed by atoms with Crippen LogP contribution in [0.4, 0.5) is 0 Å². The van der Waals surface area contributed by atoms with E-state index in [0.29, 0.717) is 0 Å². The molecule has 0 rings (SSSR count). The molecule has 0 saturated carbocycles. The molecule has 0 aromatic rings. The van der Waals surface area contributed by atoms with Gasteiger partial charge in [0.2, 0.25) is 0 Å². The van der Waals surface area contributed by atoms with E-state index in [4.69, 9.17) is 15.3 Å². The van der Waals surface area contributed by atoms with Gasteiger partial charge in [-0.05, 0) is 0 Å². The van der Waals surface area contributed by atoms with Crippen LogP contribution in [0.25, 0.3) is 0 Å². The van der Waals surface area contributed by atoms with Crippen molar-refractivity contribution in [1.82, 2.24) is 0 Å². The summed E-state index contributed by atoms with van der Waals surface area (Å²) in [5, 5.41) is 26.0. The number of ketones is 1. The van der Waals surface area contributed by atoms with Crippen molar-refractivity contribution in [2.45, 2.75) is 12.2 Å². The minimum Gasteiger partial charge on any atom is -0.790 e. The van der Waals surface area contributed by atoms with Gasteiger partial charge in [-0.25, -0.2) is 0 Å². The van der Waals surface area contributed by atoms with Gasteiger partial charge in [0.25, 0.3) is 0 Å². The number of phosphoric ester groups is 1. The summed E-state index contributed by atoms with van der Waals surface area (Å²) in [5.41, 5.74) is 0. The lowest BCUT2D eigenvalue weighted by atomic mass is 10.1. The Kier molecular flexibility index (Phi) is 5.38. The maximum atomic E-state index is 10.5. The molecule has 0 heterocycles. The molecule has 0 fully saturated rings. The second-order valence-corrected chi connectivity index (χ2v) is 3.53. The highest BCUT2D eigenvalue weighted by Crippen LogP contribution is 2.24. The highest BCUT2D eigenvalue weighted by molar-refractivity contribution is 7.43. The molecule has 0 aromatic carbocycles. The number of hydrogen-bond acceptors (Lipinski definition) is 8. The van der Waals surface area contributed by atoms with E-state index in [1.807, 2.05) is 0 Å². The van der Waals surface area contributed by atoms with E-state index >= 15 is 0 Å². The third kappa shape index (κ3) is 5.40. The summed E-state index contributed by atoms with van der Waals surface area (Å²) >= 11 is 0. The van der Waals surface area contributed by atoms with Crippen molar-refractivity contribution >= 4 is 13.6 Å². The third-order valence-corrected chi connectivity index (χ3v) is 1.72. The zero-order valence-corrected chi connectivity index (χ0v) is 7.79. The lowest BCUT2D eigenvalue weighted by molar-refractivity contribution is -0.343. The normalized spacial score (nSPS) is 16.4. The maximum absolute atomic E-state index is 10.5. The quantitative estimate of drug-likeness (QED) is 0.390. The summed E-state index contributed by atoms with van der Waals surface area (Å²) < 4.78 is 13.5. The minimum absolute atomic E-state index is 1.01. The van der Waals surface area contributed by atoms with Gasteiger partial charge in [-0.3, -0.25) is 4.79 Å². The predicted octanol–water partition coefficient (Wildman–Crippen LogP) is -3.89. The van der Waals surface area contributed by atoms with Crippen LogP contribution in [0.3, 0.4) is 0 Å². The van der Waals surface area contributed by atoms with Crippen molar-refractivity contribution < 1.29 is 39.0 Å². The Morgan fingerprint density at radius 1 is 1.43 bits per heavy atom. The first-order valence-corrected chi connectivity index (χ1v) is 4.90. The van der Waals surface area contributed by atoms with E-state index in [0.717, 1.165) is 0 Å². The van der Waals surface area contributed by atoms with E-state index in [2.05, 4.69) is 4.52 Å². The molecule has 0 aromatic heterocycles. The Bertz CT molecular complexity index is 234. The number of phosphoric acid groups is 1. The Morgan fingerprint density at radius 2 is 1.93 bits per heavy atom. The molecule has 2 unspecified atom stereocenters. The molecule has 0 amide bonds. The first-order valence-electron chi connectivity index (χ1n) is 3.44. The van der Waals surface area contributed by atoms with Crippen LogP contribution >= 0.6 is 7.82 Å². The molecule has 0 aliphatic rings. The van der Waals surface area contributed by atoms with Crippen molar-refractivity contribution in [3.63, 3.8) is 0 Å². The summed E-state index contributed by atoms with van der Waals surface area (Å²) in [6, 6.07) is 0. The summed E-state index contributed by atoms with van der Waals surface area (Å²) in [4.78, 5) is 30.4. The van der Waals surface area contributed by atoms with Crippen molar-refractivity contribution in [2.24, 2.45) is 0 Å². The Balaban J connectivity index is 4.02. The van der Waals surface area contributed by atoms with Gasteiger partial charge in [-0.15, -0.1) is 0 Å². The number of carbonyl (C=O) groups is 1. The van der Waals surface area contributed by atoms with Crippen LogP contribution in [-0.4, -0.2) is 46.5 Å². The fourth-order valence-corrected chi connectivity index (χ4v) is 0.902. The predicted molar refractivity (Wildman–Crippen MR) is 37.7 cm³/mol. The molecule has 8 nitrogen and oxygen atoms in total. The highest BCUT2D eigenvalue weighted by atomic mass is 31.2. The van der Waals surface area contributed by atoms with E-state index < -0.39 is 39.0 Å².